The topological polar surface area (TPSA) is 81.6 Å². The molecule has 0 bridgehead atoms. The fourth-order valence-electron chi connectivity index (χ4n) is 1.93. The van der Waals surface area contributed by atoms with Gasteiger partial charge in [0.25, 0.3) is 0 Å². The summed E-state index contributed by atoms with van der Waals surface area (Å²) in [7, 11) is 0. The van der Waals surface area contributed by atoms with E-state index < -0.39 is 5.54 Å². The van der Waals surface area contributed by atoms with Gasteiger partial charge in [-0.2, -0.15) is 5.26 Å². The molecule has 102 valence electrons. The maximum Gasteiger partial charge on any atom is 0.231 e. The average molecular weight is 278 g/mol. The smallest absolute Gasteiger partial charge is 0.231 e. The quantitative estimate of drug-likeness (QED) is 0.778. The number of H-pyrrole nitrogens is 1. The number of imidazole rings is 1. The molecule has 0 aliphatic heterocycles. The lowest BCUT2D eigenvalue weighted by Gasteiger charge is -2.22. The van der Waals surface area contributed by atoms with Crippen molar-refractivity contribution >= 4 is 17.7 Å². The predicted molar refractivity (Wildman–Crippen MR) is 73.6 cm³/mol. The summed E-state index contributed by atoms with van der Waals surface area (Å²) in [6, 6.07) is 2.22. The number of hydrogen-bond acceptors (Lipinski definition) is 4. The first-order valence-corrected chi connectivity index (χ1v) is 7.45. The maximum absolute atomic E-state index is 11.9. The van der Waals surface area contributed by atoms with Gasteiger partial charge in [0.15, 0.2) is 5.16 Å². The van der Waals surface area contributed by atoms with Crippen molar-refractivity contribution in [3.8, 4) is 6.07 Å². The molecule has 5 nitrogen and oxygen atoms in total. The summed E-state index contributed by atoms with van der Waals surface area (Å²) in [5.74, 6) is 0.470. The molecule has 1 amide bonds. The van der Waals surface area contributed by atoms with Gasteiger partial charge in [0.2, 0.25) is 5.91 Å². The van der Waals surface area contributed by atoms with Gasteiger partial charge in [0.05, 0.1) is 11.8 Å². The molecule has 2 N–H and O–H groups in total. The second-order valence-corrected chi connectivity index (χ2v) is 5.96. The number of hydrogen-bond donors (Lipinski definition) is 2. The van der Waals surface area contributed by atoms with E-state index in [1.54, 1.807) is 13.1 Å². The highest BCUT2D eigenvalue weighted by Crippen LogP contribution is 2.39. The molecular formula is C13H18N4OS. The third kappa shape index (κ3) is 3.51. The van der Waals surface area contributed by atoms with Gasteiger partial charge in [-0.1, -0.05) is 18.7 Å². The van der Waals surface area contributed by atoms with E-state index in [4.69, 9.17) is 0 Å². The highest BCUT2D eigenvalue weighted by molar-refractivity contribution is 7.99. The van der Waals surface area contributed by atoms with E-state index in [1.807, 2.05) is 6.92 Å². The molecule has 1 aliphatic carbocycles. The summed E-state index contributed by atoms with van der Waals surface area (Å²) in [5, 5.41) is 12.8. The minimum absolute atomic E-state index is 0.115. The van der Waals surface area contributed by atoms with Crippen LogP contribution in [0.2, 0.25) is 0 Å². The molecule has 1 unspecified atom stereocenters. The van der Waals surface area contributed by atoms with Crippen molar-refractivity contribution < 1.29 is 4.79 Å². The summed E-state index contributed by atoms with van der Waals surface area (Å²) >= 11 is 1.36. The summed E-state index contributed by atoms with van der Waals surface area (Å²) in [6.07, 6.45) is 4.73. The third-order valence-corrected chi connectivity index (χ3v) is 4.24. The van der Waals surface area contributed by atoms with Crippen molar-refractivity contribution in [3.63, 3.8) is 0 Å². The van der Waals surface area contributed by atoms with Crippen molar-refractivity contribution in [3.05, 3.63) is 11.9 Å². The summed E-state index contributed by atoms with van der Waals surface area (Å²) < 4.78 is 0. The van der Waals surface area contributed by atoms with Gasteiger partial charge in [-0.15, -0.1) is 0 Å². The molecule has 1 atom stereocenters. The van der Waals surface area contributed by atoms with E-state index in [9.17, 15) is 10.1 Å². The molecule has 6 heteroatoms. The molecule has 1 aromatic heterocycles. The number of thioether (sulfide) groups is 1. The van der Waals surface area contributed by atoms with E-state index in [-0.39, 0.29) is 11.7 Å². The van der Waals surface area contributed by atoms with Gasteiger partial charge in [0.1, 0.15) is 5.54 Å². The number of aryl methyl sites for hydroxylation is 1. The molecule has 1 aromatic rings. The van der Waals surface area contributed by atoms with Crippen LogP contribution in [-0.4, -0.2) is 27.2 Å². The van der Waals surface area contributed by atoms with E-state index in [0.717, 1.165) is 30.1 Å². The number of nitrogens with one attached hydrogen (secondary N) is 2. The van der Waals surface area contributed by atoms with E-state index in [2.05, 4.69) is 21.4 Å². The number of aromatic amines is 1. The number of carbonyl (C=O) groups excluding carboxylic acids is 1. The van der Waals surface area contributed by atoms with Gasteiger partial charge >= 0.3 is 0 Å². The Bertz CT molecular complexity index is 503. The van der Waals surface area contributed by atoms with Crippen LogP contribution >= 0.6 is 11.8 Å². The first-order chi connectivity index (χ1) is 9.07. The van der Waals surface area contributed by atoms with Crippen molar-refractivity contribution in [1.82, 2.24) is 15.3 Å². The van der Waals surface area contributed by atoms with Crippen LogP contribution in [0.15, 0.2) is 11.4 Å². The molecule has 1 saturated carbocycles. The monoisotopic (exact) mass is 278 g/mol. The fourth-order valence-corrected chi connectivity index (χ4v) is 2.60. The number of aromatic nitrogens is 2. The predicted octanol–water partition coefficient (Wildman–Crippen LogP) is 1.87. The number of rotatable bonds is 6. The zero-order valence-electron chi connectivity index (χ0n) is 11.2. The molecule has 1 fully saturated rings. The molecule has 19 heavy (non-hydrogen) atoms. The van der Waals surface area contributed by atoms with Crippen LogP contribution in [0.4, 0.5) is 0 Å². The minimum atomic E-state index is -0.713. The lowest BCUT2D eigenvalue weighted by molar-refractivity contribution is -0.119. The van der Waals surface area contributed by atoms with Crippen LogP contribution in [0.3, 0.4) is 0 Å². The van der Waals surface area contributed by atoms with E-state index in [0.29, 0.717) is 5.92 Å². The molecular weight excluding hydrogens is 260 g/mol. The maximum atomic E-state index is 11.9. The Morgan fingerprint density at radius 3 is 3.00 bits per heavy atom. The molecule has 0 aromatic carbocycles. The normalized spacial score (nSPS) is 17.5. The second kappa shape index (κ2) is 5.66. The Morgan fingerprint density at radius 2 is 2.47 bits per heavy atom. The standard InChI is InChI=1S/C13H18N4OS/c1-3-10-6-15-12(16-10)19-7-11(18)17-13(2,8-14)9-4-5-9/h6,9H,3-5,7H2,1-2H3,(H,15,16)(H,17,18). The Hall–Kier alpha value is -1.48. The van der Waals surface area contributed by atoms with Crippen LogP contribution in [0.25, 0.3) is 0 Å². The van der Waals surface area contributed by atoms with Crippen LogP contribution in [0, 0.1) is 17.2 Å². The highest BCUT2D eigenvalue weighted by atomic mass is 32.2. The zero-order chi connectivity index (χ0) is 13.9. The highest BCUT2D eigenvalue weighted by Gasteiger charge is 2.42. The molecule has 0 saturated heterocycles. The first-order valence-electron chi connectivity index (χ1n) is 6.46. The number of nitriles is 1. The molecule has 0 radical (unpaired) electrons. The molecule has 1 aliphatic rings. The van der Waals surface area contributed by atoms with Gasteiger partial charge in [0, 0.05) is 11.9 Å². The molecule has 1 heterocycles. The Morgan fingerprint density at radius 1 is 1.74 bits per heavy atom. The molecule has 2 rings (SSSR count). The third-order valence-electron chi connectivity index (χ3n) is 3.35. The Labute approximate surface area is 117 Å². The average Bonchev–Trinajstić information content (AvgIpc) is 3.16. The van der Waals surface area contributed by atoms with E-state index in [1.165, 1.54) is 11.8 Å². The van der Waals surface area contributed by atoms with Crippen LogP contribution in [-0.2, 0) is 11.2 Å². The van der Waals surface area contributed by atoms with Gasteiger partial charge in [-0.3, -0.25) is 4.79 Å². The largest absolute Gasteiger partial charge is 0.337 e. The SMILES string of the molecule is CCc1cnc(SCC(=O)NC(C)(C#N)C2CC2)[nH]1. The zero-order valence-corrected chi connectivity index (χ0v) is 12.0. The fraction of sp³-hybridized carbons (Fsp3) is 0.615. The number of nitrogens with zero attached hydrogens (tertiary/aromatic N) is 2. The first kappa shape index (κ1) is 13.9. The Kier molecular flexibility index (Phi) is 4.15. The molecule has 0 spiro atoms. The second-order valence-electron chi connectivity index (χ2n) is 4.99. The van der Waals surface area contributed by atoms with Crippen molar-refractivity contribution in [2.75, 3.05) is 5.75 Å². The lowest BCUT2D eigenvalue weighted by Crippen LogP contribution is -2.47. The number of amides is 1. The lowest BCUT2D eigenvalue weighted by atomic mass is 9.98. The van der Waals surface area contributed by atoms with Crippen molar-refractivity contribution in [1.29, 1.82) is 5.26 Å². The summed E-state index contributed by atoms with van der Waals surface area (Å²) in [5.41, 5.74) is 0.345. The van der Waals surface area contributed by atoms with Gasteiger partial charge < -0.3 is 10.3 Å². The minimum Gasteiger partial charge on any atom is -0.337 e. The number of carbonyl (C=O) groups is 1. The summed E-state index contributed by atoms with van der Waals surface area (Å²) in [6.45, 7) is 3.85. The van der Waals surface area contributed by atoms with Crippen LogP contribution in [0.1, 0.15) is 32.4 Å². The van der Waals surface area contributed by atoms with Crippen LogP contribution < -0.4 is 5.32 Å². The van der Waals surface area contributed by atoms with Gasteiger partial charge in [-0.05, 0) is 32.1 Å². The van der Waals surface area contributed by atoms with Gasteiger partial charge in [-0.25, -0.2) is 4.98 Å². The Balaban J connectivity index is 1.83. The van der Waals surface area contributed by atoms with Crippen LogP contribution in [0.5, 0.6) is 0 Å². The van der Waals surface area contributed by atoms with Crippen molar-refractivity contribution in [2.45, 2.75) is 43.8 Å². The van der Waals surface area contributed by atoms with E-state index >= 15 is 0 Å². The summed E-state index contributed by atoms with van der Waals surface area (Å²) in [4.78, 5) is 19.2. The van der Waals surface area contributed by atoms with Crippen molar-refractivity contribution in [2.24, 2.45) is 5.92 Å².